The van der Waals surface area contributed by atoms with Crippen LogP contribution in [0.3, 0.4) is 0 Å². The average molecular weight is 408 g/mol. The number of hydrogen-bond donors (Lipinski definition) is 1. The van der Waals surface area contributed by atoms with Gasteiger partial charge in [-0.1, -0.05) is 0 Å². The fourth-order valence-corrected chi connectivity index (χ4v) is 3.99. The molecule has 0 amide bonds. The third kappa shape index (κ3) is 4.27. The van der Waals surface area contributed by atoms with E-state index in [1.807, 2.05) is 0 Å². The molecule has 0 aliphatic carbocycles. The molecule has 0 saturated carbocycles. The first-order valence-electron chi connectivity index (χ1n) is 9.74. The molecule has 1 saturated heterocycles. The molecular weight excluding hydrogens is 385 g/mol. The maximum absolute atomic E-state index is 12.6. The number of alkyl halides is 3. The summed E-state index contributed by atoms with van der Waals surface area (Å²) in [6, 6.07) is 6.51. The van der Waals surface area contributed by atoms with E-state index in [9.17, 15) is 18.0 Å². The second kappa shape index (κ2) is 7.74. The van der Waals surface area contributed by atoms with Gasteiger partial charge in [-0.2, -0.15) is 13.2 Å². The predicted octanol–water partition coefficient (Wildman–Crippen LogP) is 3.91. The van der Waals surface area contributed by atoms with E-state index in [1.165, 1.54) is 6.07 Å². The summed E-state index contributed by atoms with van der Waals surface area (Å²) in [4.78, 5) is 12.6. The standard InChI is InChI=1S/C21H23F3N2O3/c1-13-18(27)10-19(25-11-16-3-2-8-28-16)26-7-6-14-9-15(29-12-21(22,23)24)4-5-17(14)20(13)26/h4-5,9-10,16,25H,2-3,6-8,11-12H2,1H3/t16-/m0/s1. The summed E-state index contributed by atoms with van der Waals surface area (Å²) in [5, 5.41) is 3.35. The molecule has 0 unspecified atom stereocenters. The van der Waals surface area contributed by atoms with E-state index in [2.05, 4.69) is 9.88 Å². The van der Waals surface area contributed by atoms with Crippen molar-refractivity contribution >= 4 is 5.82 Å². The van der Waals surface area contributed by atoms with Crippen LogP contribution in [0.1, 0.15) is 24.0 Å². The van der Waals surface area contributed by atoms with Gasteiger partial charge in [-0.25, -0.2) is 0 Å². The molecule has 1 aromatic heterocycles. The molecule has 156 valence electrons. The molecule has 1 atom stereocenters. The predicted molar refractivity (Wildman–Crippen MR) is 104 cm³/mol. The summed E-state index contributed by atoms with van der Waals surface area (Å²) in [5.74, 6) is 0.927. The van der Waals surface area contributed by atoms with Gasteiger partial charge in [0.1, 0.15) is 11.6 Å². The van der Waals surface area contributed by atoms with E-state index in [-0.39, 0.29) is 17.3 Å². The first-order valence-corrected chi connectivity index (χ1v) is 9.74. The minimum absolute atomic E-state index is 0.0728. The second-order valence-electron chi connectivity index (χ2n) is 7.51. The Labute approximate surface area is 166 Å². The Hall–Kier alpha value is -2.48. The number of rotatable bonds is 5. The first-order chi connectivity index (χ1) is 13.8. The van der Waals surface area contributed by atoms with Crippen molar-refractivity contribution in [2.45, 2.75) is 45.0 Å². The van der Waals surface area contributed by atoms with Gasteiger partial charge in [-0.05, 0) is 49.9 Å². The number of fused-ring (bicyclic) bond motifs is 3. The van der Waals surface area contributed by atoms with Crippen LogP contribution in [-0.2, 0) is 17.7 Å². The van der Waals surface area contributed by atoms with Gasteiger partial charge >= 0.3 is 6.18 Å². The highest BCUT2D eigenvalue weighted by Crippen LogP contribution is 2.35. The van der Waals surface area contributed by atoms with Crippen LogP contribution in [0.5, 0.6) is 5.75 Å². The number of nitrogens with one attached hydrogen (secondary N) is 1. The average Bonchev–Trinajstić information content (AvgIpc) is 3.20. The fourth-order valence-electron chi connectivity index (χ4n) is 3.99. The van der Waals surface area contributed by atoms with Crippen LogP contribution in [0.2, 0.25) is 0 Å². The topological polar surface area (TPSA) is 52.5 Å². The van der Waals surface area contributed by atoms with Gasteiger partial charge in [0.2, 0.25) is 0 Å². The fraction of sp³-hybridized carbons (Fsp3) is 0.476. The Morgan fingerprint density at radius 2 is 2.14 bits per heavy atom. The molecule has 1 N–H and O–H groups in total. The highest BCUT2D eigenvalue weighted by Gasteiger charge is 2.29. The Morgan fingerprint density at radius 3 is 2.86 bits per heavy atom. The van der Waals surface area contributed by atoms with Crippen molar-refractivity contribution in [3.05, 3.63) is 45.6 Å². The van der Waals surface area contributed by atoms with Gasteiger partial charge in [-0.3, -0.25) is 4.79 Å². The third-order valence-corrected chi connectivity index (χ3v) is 5.43. The van der Waals surface area contributed by atoms with Gasteiger partial charge in [0.15, 0.2) is 12.0 Å². The Balaban J connectivity index is 1.64. The molecule has 1 aromatic carbocycles. The Morgan fingerprint density at radius 1 is 1.31 bits per heavy atom. The Bertz CT molecular complexity index is 963. The normalized spacial score (nSPS) is 18.3. The molecule has 2 aliphatic heterocycles. The number of ether oxygens (including phenoxy) is 2. The molecule has 3 heterocycles. The van der Waals surface area contributed by atoms with E-state index in [1.54, 1.807) is 25.1 Å². The number of nitrogens with zero attached hydrogens (tertiary/aromatic N) is 1. The molecular formula is C21H23F3N2O3. The van der Waals surface area contributed by atoms with Crippen molar-refractivity contribution in [2.24, 2.45) is 0 Å². The molecule has 29 heavy (non-hydrogen) atoms. The number of aryl methyl sites for hydroxylation is 1. The van der Waals surface area contributed by atoms with Crippen molar-refractivity contribution in [3.63, 3.8) is 0 Å². The van der Waals surface area contributed by atoms with Crippen LogP contribution in [0, 0.1) is 6.92 Å². The van der Waals surface area contributed by atoms with Crippen molar-refractivity contribution in [3.8, 4) is 17.0 Å². The maximum Gasteiger partial charge on any atom is 0.422 e. The Kier molecular flexibility index (Phi) is 5.29. The molecule has 0 bridgehead atoms. The summed E-state index contributed by atoms with van der Waals surface area (Å²) in [6.07, 6.45) is -1.55. The summed E-state index contributed by atoms with van der Waals surface area (Å²) in [5.41, 5.74) is 3.08. The van der Waals surface area contributed by atoms with Crippen LogP contribution >= 0.6 is 0 Å². The van der Waals surface area contributed by atoms with E-state index < -0.39 is 12.8 Å². The zero-order valence-electron chi connectivity index (χ0n) is 16.1. The van der Waals surface area contributed by atoms with Gasteiger partial charge in [0.25, 0.3) is 0 Å². The lowest BCUT2D eigenvalue weighted by Gasteiger charge is -2.28. The van der Waals surface area contributed by atoms with Gasteiger partial charge < -0.3 is 19.4 Å². The highest BCUT2D eigenvalue weighted by molar-refractivity contribution is 5.72. The number of halogens is 3. The number of anilines is 1. The molecule has 4 rings (SSSR count). The van der Waals surface area contributed by atoms with Crippen LogP contribution in [-0.4, -0.2) is 36.6 Å². The lowest BCUT2D eigenvalue weighted by Crippen LogP contribution is -2.26. The van der Waals surface area contributed by atoms with Crippen molar-refractivity contribution in [1.29, 1.82) is 0 Å². The molecule has 1 fully saturated rings. The maximum atomic E-state index is 12.6. The molecule has 8 heteroatoms. The minimum Gasteiger partial charge on any atom is -0.484 e. The minimum atomic E-state index is -4.38. The van der Waals surface area contributed by atoms with Crippen LogP contribution < -0.4 is 15.5 Å². The molecule has 2 aromatic rings. The molecule has 5 nitrogen and oxygen atoms in total. The first kappa shape index (κ1) is 19.8. The number of benzene rings is 1. The number of pyridine rings is 1. The van der Waals surface area contributed by atoms with Crippen LogP contribution in [0.15, 0.2) is 29.1 Å². The summed E-state index contributed by atoms with van der Waals surface area (Å²) < 4.78 is 49.9. The van der Waals surface area contributed by atoms with Crippen molar-refractivity contribution < 1.29 is 22.6 Å². The summed E-state index contributed by atoms with van der Waals surface area (Å²) >= 11 is 0. The zero-order chi connectivity index (χ0) is 20.6. The van der Waals surface area contributed by atoms with Gasteiger partial charge in [-0.15, -0.1) is 0 Å². The quantitative estimate of drug-likeness (QED) is 0.815. The van der Waals surface area contributed by atoms with E-state index in [0.717, 1.165) is 42.1 Å². The largest absolute Gasteiger partial charge is 0.484 e. The number of hydrogen-bond acceptors (Lipinski definition) is 4. The summed E-state index contributed by atoms with van der Waals surface area (Å²) in [6.45, 7) is 2.49. The zero-order valence-corrected chi connectivity index (χ0v) is 16.1. The van der Waals surface area contributed by atoms with Crippen LogP contribution in [0.4, 0.5) is 19.0 Å². The lowest BCUT2D eigenvalue weighted by molar-refractivity contribution is -0.153. The van der Waals surface area contributed by atoms with Gasteiger partial charge in [0, 0.05) is 36.9 Å². The molecule has 0 radical (unpaired) electrons. The monoisotopic (exact) mass is 408 g/mol. The second-order valence-corrected chi connectivity index (χ2v) is 7.51. The molecule has 2 aliphatic rings. The SMILES string of the molecule is Cc1c2n(c(NC[C@@H]3CCCO3)cc1=O)CCc1cc(OCC(F)(F)F)ccc1-2. The van der Waals surface area contributed by atoms with E-state index in [4.69, 9.17) is 9.47 Å². The highest BCUT2D eigenvalue weighted by atomic mass is 19.4. The third-order valence-electron chi connectivity index (χ3n) is 5.43. The van der Waals surface area contributed by atoms with Crippen molar-refractivity contribution in [2.75, 3.05) is 25.1 Å². The van der Waals surface area contributed by atoms with Crippen LogP contribution in [0.25, 0.3) is 11.3 Å². The number of aromatic nitrogens is 1. The van der Waals surface area contributed by atoms with E-state index in [0.29, 0.717) is 25.1 Å². The molecule has 0 spiro atoms. The lowest BCUT2D eigenvalue weighted by atomic mass is 9.94. The summed E-state index contributed by atoms with van der Waals surface area (Å²) in [7, 11) is 0. The van der Waals surface area contributed by atoms with E-state index >= 15 is 0 Å². The van der Waals surface area contributed by atoms with Crippen molar-refractivity contribution in [1.82, 2.24) is 4.57 Å². The smallest absolute Gasteiger partial charge is 0.422 e. The van der Waals surface area contributed by atoms with Gasteiger partial charge in [0.05, 0.1) is 11.8 Å².